The van der Waals surface area contributed by atoms with E-state index in [1.165, 1.54) is 5.56 Å². The molecule has 13 heavy (non-hydrogen) atoms. The van der Waals surface area contributed by atoms with Crippen molar-refractivity contribution in [3.8, 4) is 0 Å². The van der Waals surface area contributed by atoms with Crippen molar-refractivity contribution in [3.63, 3.8) is 0 Å². The average Bonchev–Trinajstić information content (AvgIpc) is 2.03. The highest BCUT2D eigenvalue weighted by Gasteiger charge is 2.21. The predicted molar refractivity (Wildman–Crippen MR) is 57.6 cm³/mol. The Balaban J connectivity index is 2.90. The lowest BCUT2D eigenvalue weighted by Gasteiger charge is -2.26. The van der Waals surface area contributed by atoms with Crippen LogP contribution in [0.1, 0.15) is 39.2 Å². The van der Waals surface area contributed by atoms with E-state index in [4.69, 9.17) is 0 Å². The molecule has 0 radical (unpaired) electrons. The molecule has 0 aromatic carbocycles. The summed E-state index contributed by atoms with van der Waals surface area (Å²) in [6, 6.07) is 0. The Bertz CT molecular complexity index is 274. The van der Waals surface area contributed by atoms with Gasteiger partial charge in [-0.15, -0.1) is 0 Å². The van der Waals surface area contributed by atoms with Gasteiger partial charge in [0.25, 0.3) is 0 Å². The highest BCUT2D eigenvalue weighted by molar-refractivity contribution is 9.10. The number of halogens is 1. The lowest BCUT2D eigenvalue weighted by atomic mass is 9.79. The third kappa shape index (κ3) is 2.76. The van der Waals surface area contributed by atoms with Gasteiger partial charge in [-0.3, -0.25) is 0 Å². The van der Waals surface area contributed by atoms with E-state index < -0.39 is 0 Å². The Hall–Kier alpha value is -0.440. The van der Waals surface area contributed by atoms with E-state index in [9.17, 15) is 0 Å². The maximum absolute atomic E-state index is 4.12. The maximum Gasteiger partial charge on any atom is 0.196 e. The van der Waals surface area contributed by atoms with Crippen molar-refractivity contribution in [2.24, 2.45) is 5.41 Å². The van der Waals surface area contributed by atoms with Crippen LogP contribution in [-0.4, -0.2) is 9.97 Å². The Morgan fingerprint density at radius 2 is 1.69 bits per heavy atom. The van der Waals surface area contributed by atoms with E-state index in [1.54, 1.807) is 0 Å². The Morgan fingerprint density at radius 1 is 1.23 bits per heavy atom. The van der Waals surface area contributed by atoms with Crippen LogP contribution in [0, 0.1) is 5.41 Å². The molecule has 0 aliphatic rings. The third-order valence-electron chi connectivity index (χ3n) is 2.44. The van der Waals surface area contributed by atoms with E-state index in [0.717, 1.165) is 0 Å². The van der Waals surface area contributed by atoms with Gasteiger partial charge in [0.15, 0.2) is 4.73 Å². The lowest BCUT2D eigenvalue weighted by molar-refractivity contribution is 0.338. The van der Waals surface area contributed by atoms with Crippen LogP contribution in [0.4, 0.5) is 0 Å². The smallest absolute Gasteiger partial charge is 0.196 e. The molecular formula is C10H15BrN2. The standard InChI is InChI=1S/C10H15BrN2/c1-7(10(2,3)4)8-5-12-9(11)13-6-8/h5-7H,1-4H3. The minimum absolute atomic E-state index is 0.261. The largest absolute Gasteiger partial charge is 0.230 e. The van der Waals surface area contributed by atoms with Gasteiger partial charge in [-0.05, 0) is 32.8 Å². The second kappa shape index (κ2) is 3.74. The summed E-state index contributed by atoms with van der Waals surface area (Å²) in [6.07, 6.45) is 3.76. The number of rotatable bonds is 1. The monoisotopic (exact) mass is 242 g/mol. The summed E-state index contributed by atoms with van der Waals surface area (Å²) in [4.78, 5) is 8.24. The minimum Gasteiger partial charge on any atom is -0.230 e. The third-order valence-corrected chi connectivity index (χ3v) is 2.85. The van der Waals surface area contributed by atoms with Gasteiger partial charge in [0.1, 0.15) is 0 Å². The molecule has 72 valence electrons. The van der Waals surface area contributed by atoms with Crippen LogP contribution in [0.2, 0.25) is 0 Å². The molecule has 0 amide bonds. The maximum atomic E-state index is 4.12. The molecule has 0 bridgehead atoms. The van der Waals surface area contributed by atoms with Crippen LogP contribution in [0.3, 0.4) is 0 Å². The molecule has 0 aliphatic carbocycles. The van der Waals surface area contributed by atoms with Crippen molar-refractivity contribution >= 4 is 15.9 Å². The first-order valence-corrected chi connectivity index (χ1v) is 5.18. The molecule has 0 saturated carbocycles. The fourth-order valence-corrected chi connectivity index (χ4v) is 1.25. The molecule has 0 fully saturated rings. The molecule has 1 rings (SSSR count). The highest BCUT2D eigenvalue weighted by atomic mass is 79.9. The second-order valence-corrected chi connectivity index (χ2v) is 5.08. The van der Waals surface area contributed by atoms with E-state index in [2.05, 4.69) is 53.6 Å². The van der Waals surface area contributed by atoms with Gasteiger partial charge >= 0.3 is 0 Å². The molecule has 1 aromatic heterocycles. The first-order chi connectivity index (χ1) is 5.91. The van der Waals surface area contributed by atoms with Gasteiger partial charge < -0.3 is 0 Å². The summed E-state index contributed by atoms with van der Waals surface area (Å²) in [7, 11) is 0. The van der Waals surface area contributed by atoms with E-state index in [-0.39, 0.29) is 5.41 Å². The van der Waals surface area contributed by atoms with Gasteiger partial charge in [-0.2, -0.15) is 0 Å². The van der Waals surface area contributed by atoms with E-state index in [1.807, 2.05) is 12.4 Å². The molecule has 0 N–H and O–H groups in total. The molecule has 2 nitrogen and oxygen atoms in total. The zero-order valence-corrected chi connectivity index (χ0v) is 10.1. The molecule has 1 unspecified atom stereocenters. The number of aromatic nitrogens is 2. The van der Waals surface area contributed by atoms with Crippen LogP contribution in [-0.2, 0) is 0 Å². The van der Waals surface area contributed by atoms with Gasteiger partial charge in [0, 0.05) is 12.4 Å². The molecule has 1 heterocycles. The zero-order valence-electron chi connectivity index (χ0n) is 8.50. The van der Waals surface area contributed by atoms with Crippen molar-refractivity contribution in [3.05, 3.63) is 22.7 Å². The first kappa shape index (κ1) is 10.6. The molecular weight excluding hydrogens is 228 g/mol. The van der Waals surface area contributed by atoms with Crippen LogP contribution in [0.15, 0.2) is 17.1 Å². The predicted octanol–water partition coefficient (Wildman–Crippen LogP) is 3.39. The fourth-order valence-electron chi connectivity index (χ4n) is 1.05. The zero-order chi connectivity index (χ0) is 10.1. The molecule has 3 heteroatoms. The summed E-state index contributed by atoms with van der Waals surface area (Å²) in [5.74, 6) is 0.473. The van der Waals surface area contributed by atoms with Gasteiger partial charge in [-0.25, -0.2) is 9.97 Å². The summed E-state index contributed by atoms with van der Waals surface area (Å²) < 4.78 is 0.650. The van der Waals surface area contributed by atoms with Crippen LogP contribution < -0.4 is 0 Å². The Labute approximate surface area is 87.9 Å². The van der Waals surface area contributed by atoms with Crippen molar-refractivity contribution in [1.82, 2.24) is 9.97 Å². The molecule has 0 aliphatic heterocycles. The van der Waals surface area contributed by atoms with Crippen molar-refractivity contribution in [2.45, 2.75) is 33.6 Å². The van der Waals surface area contributed by atoms with Crippen molar-refractivity contribution in [1.29, 1.82) is 0 Å². The van der Waals surface area contributed by atoms with Crippen LogP contribution >= 0.6 is 15.9 Å². The molecule has 1 atom stereocenters. The van der Waals surface area contributed by atoms with Crippen molar-refractivity contribution < 1.29 is 0 Å². The fraction of sp³-hybridized carbons (Fsp3) is 0.600. The SMILES string of the molecule is CC(c1cnc(Br)nc1)C(C)(C)C. The van der Waals surface area contributed by atoms with E-state index in [0.29, 0.717) is 10.7 Å². The van der Waals surface area contributed by atoms with Crippen molar-refractivity contribution in [2.75, 3.05) is 0 Å². The number of hydrogen-bond donors (Lipinski definition) is 0. The highest BCUT2D eigenvalue weighted by Crippen LogP contribution is 2.33. The van der Waals surface area contributed by atoms with Gasteiger partial charge in [0.2, 0.25) is 0 Å². The Kier molecular flexibility index (Phi) is 3.06. The van der Waals surface area contributed by atoms with Crippen LogP contribution in [0.5, 0.6) is 0 Å². The quantitative estimate of drug-likeness (QED) is 0.706. The summed E-state index contributed by atoms with van der Waals surface area (Å²) in [5, 5.41) is 0. The average molecular weight is 243 g/mol. The van der Waals surface area contributed by atoms with Gasteiger partial charge in [-0.1, -0.05) is 27.7 Å². The summed E-state index contributed by atoms with van der Waals surface area (Å²) in [6.45, 7) is 8.87. The Morgan fingerprint density at radius 3 is 2.08 bits per heavy atom. The lowest BCUT2D eigenvalue weighted by Crippen LogP contribution is -2.15. The van der Waals surface area contributed by atoms with E-state index >= 15 is 0 Å². The summed E-state index contributed by atoms with van der Waals surface area (Å²) in [5.41, 5.74) is 1.45. The minimum atomic E-state index is 0.261. The molecule has 0 saturated heterocycles. The summed E-state index contributed by atoms with van der Waals surface area (Å²) >= 11 is 3.22. The number of hydrogen-bond acceptors (Lipinski definition) is 2. The second-order valence-electron chi connectivity index (χ2n) is 4.37. The first-order valence-electron chi connectivity index (χ1n) is 4.38. The van der Waals surface area contributed by atoms with Gasteiger partial charge in [0.05, 0.1) is 0 Å². The normalized spacial score (nSPS) is 14.2. The molecule has 1 aromatic rings. The topological polar surface area (TPSA) is 25.8 Å². The molecule has 0 spiro atoms. The number of nitrogens with zero attached hydrogens (tertiary/aromatic N) is 2. The van der Waals surface area contributed by atoms with Crippen LogP contribution in [0.25, 0.3) is 0 Å².